The number of primary amides is 1. The fourth-order valence-electron chi connectivity index (χ4n) is 1.33. The Bertz CT molecular complexity index is 605. The topological polar surface area (TPSA) is 80.9 Å². The fourth-order valence-corrected chi connectivity index (χ4v) is 1.84. The maximum absolute atomic E-state index is 11.3. The SMILES string of the molecule is NC(=O)c1cnc(Cl)nc1Nc1ccccc1Br. The number of carbonyl (C=O) groups is 1. The molecule has 1 heterocycles. The highest BCUT2D eigenvalue weighted by Gasteiger charge is 2.12. The van der Waals surface area contributed by atoms with Gasteiger partial charge >= 0.3 is 0 Å². The molecule has 0 saturated carbocycles. The van der Waals surface area contributed by atoms with Crippen LogP contribution in [0.15, 0.2) is 34.9 Å². The third-order valence-corrected chi connectivity index (χ3v) is 3.03. The van der Waals surface area contributed by atoms with E-state index >= 15 is 0 Å². The Labute approximate surface area is 117 Å². The van der Waals surface area contributed by atoms with Crippen LogP contribution in [-0.4, -0.2) is 15.9 Å². The normalized spacial score (nSPS) is 10.1. The molecule has 0 saturated heterocycles. The number of carbonyl (C=O) groups excluding carboxylic acids is 1. The van der Waals surface area contributed by atoms with Crippen LogP contribution in [0.25, 0.3) is 0 Å². The van der Waals surface area contributed by atoms with E-state index in [0.717, 1.165) is 10.2 Å². The van der Waals surface area contributed by atoms with Gasteiger partial charge in [0.1, 0.15) is 11.4 Å². The molecule has 0 bridgehead atoms. The first kappa shape index (κ1) is 12.8. The number of rotatable bonds is 3. The first-order chi connectivity index (χ1) is 8.58. The molecular weight excluding hydrogens is 320 g/mol. The third-order valence-electron chi connectivity index (χ3n) is 2.15. The van der Waals surface area contributed by atoms with Gasteiger partial charge in [-0.25, -0.2) is 4.98 Å². The molecule has 1 aromatic heterocycles. The molecule has 0 fully saturated rings. The molecule has 0 radical (unpaired) electrons. The van der Waals surface area contributed by atoms with Gasteiger partial charge in [0, 0.05) is 10.7 Å². The number of amides is 1. The summed E-state index contributed by atoms with van der Waals surface area (Å²) in [5, 5.41) is 3.02. The number of hydrogen-bond donors (Lipinski definition) is 2. The molecule has 2 rings (SSSR count). The summed E-state index contributed by atoms with van der Waals surface area (Å²) < 4.78 is 0.829. The summed E-state index contributed by atoms with van der Waals surface area (Å²) in [7, 11) is 0. The average molecular weight is 328 g/mol. The Morgan fingerprint density at radius 2 is 2.11 bits per heavy atom. The minimum absolute atomic E-state index is 0.0366. The highest BCUT2D eigenvalue weighted by molar-refractivity contribution is 9.10. The van der Waals surface area contributed by atoms with Gasteiger partial charge in [-0.2, -0.15) is 4.98 Å². The molecule has 18 heavy (non-hydrogen) atoms. The second-order valence-electron chi connectivity index (χ2n) is 3.37. The van der Waals surface area contributed by atoms with Crippen LogP contribution in [0, 0.1) is 0 Å². The summed E-state index contributed by atoms with van der Waals surface area (Å²) in [5.74, 6) is -0.351. The van der Waals surface area contributed by atoms with Crippen molar-refractivity contribution in [2.75, 3.05) is 5.32 Å². The molecule has 1 aromatic carbocycles. The van der Waals surface area contributed by atoms with Crippen molar-refractivity contribution in [1.82, 2.24) is 9.97 Å². The van der Waals surface area contributed by atoms with Crippen molar-refractivity contribution < 1.29 is 4.79 Å². The predicted octanol–water partition coefficient (Wildman–Crippen LogP) is 2.74. The van der Waals surface area contributed by atoms with Crippen molar-refractivity contribution >= 4 is 44.9 Å². The van der Waals surface area contributed by atoms with Crippen LogP contribution in [0.5, 0.6) is 0 Å². The van der Waals surface area contributed by atoms with E-state index in [4.69, 9.17) is 17.3 Å². The Morgan fingerprint density at radius 1 is 1.39 bits per heavy atom. The zero-order valence-corrected chi connectivity index (χ0v) is 11.4. The van der Waals surface area contributed by atoms with Crippen molar-refractivity contribution in [2.24, 2.45) is 5.73 Å². The number of hydrogen-bond acceptors (Lipinski definition) is 4. The lowest BCUT2D eigenvalue weighted by Gasteiger charge is -2.10. The van der Waals surface area contributed by atoms with Gasteiger partial charge in [-0.05, 0) is 39.7 Å². The number of nitrogens with two attached hydrogens (primary N) is 1. The lowest BCUT2D eigenvalue weighted by atomic mass is 10.2. The van der Waals surface area contributed by atoms with E-state index in [0.29, 0.717) is 0 Å². The highest BCUT2D eigenvalue weighted by Crippen LogP contribution is 2.26. The molecule has 0 aliphatic carbocycles. The van der Waals surface area contributed by atoms with Crippen LogP contribution in [0.3, 0.4) is 0 Å². The average Bonchev–Trinajstić information content (AvgIpc) is 2.32. The molecule has 1 amide bonds. The second kappa shape index (κ2) is 5.32. The monoisotopic (exact) mass is 326 g/mol. The summed E-state index contributed by atoms with van der Waals surface area (Å²) >= 11 is 9.08. The quantitative estimate of drug-likeness (QED) is 0.849. The number of benzene rings is 1. The van der Waals surface area contributed by atoms with E-state index in [-0.39, 0.29) is 16.7 Å². The van der Waals surface area contributed by atoms with Gasteiger partial charge in [-0.15, -0.1) is 0 Å². The number of halogens is 2. The Kier molecular flexibility index (Phi) is 3.78. The molecular formula is C11H8BrClN4O. The molecule has 3 N–H and O–H groups in total. The zero-order valence-electron chi connectivity index (χ0n) is 9.02. The predicted molar refractivity (Wildman–Crippen MR) is 73.0 cm³/mol. The summed E-state index contributed by atoms with van der Waals surface area (Å²) in [6.45, 7) is 0. The summed E-state index contributed by atoms with van der Waals surface area (Å²) in [6.07, 6.45) is 1.29. The lowest BCUT2D eigenvalue weighted by molar-refractivity contribution is 0.100. The molecule has 0 aliphatic rings. The largest absolute Gasteiger partial charge is 0.365 e. The molecule has 2 aromatic rings. The van der Waals surface area contributed by atoms with E-state index in [2.05, 4.69) is 31.2 Å². The number of nitrogens with zero attached hydrogens (tertiary/aromatic N) is 2. The maximum Gasteiger partial charge on any atom is 0.254 e. The van der Waals surface area contributed by atoms with E-state index in [1.54, 1.807) is 0 Å². The van der Waals surface area contributed by atoms with Crippen LogP contribution in [0.2, 0.25) is 5.28 Å². The van der Waals surface area contributed by atoms with Crippen LogP contribution >= 0.6 is 27.5 Å². The minimum Gasteiger partial charge on any atom is -0.365 e. The van der Waals surface area contributed by atoms with Crippen molar-refractivity contribution in [2.45, 2.75) is 0 Å². The first-order valence-electron chi connectivity index (χ1n) is 4.92. The van der Waals surface area contributed by atoms with Gasteiger partial charge in [0.05, 0.1) is 5.69 Å². The van der Waals surface area contributed by atoms with Gasteiger partial charge in [0.2, 0.25) is 5.28 Å². The molecule has 0 aliphatic heterocycles. The van der Waals surface area contributed by atoms with Gasteiger partial charge in [-0.1, -0.05) is 12.1 Å². The van der Waals surface area contributed by atoms with Crippen molar-refractivity contribution in [3.63, 3.8) is 0 Å². The van der Waals surface area contributed by atoms with E-state index in [1.807, 2.05) is 24.3 Å². The summed E-state index contributed by atoms with van der Waals surface area (Å²) in [6, 6.07) is 7.40. The summed E-state index contributed by atoms with van der Waals surface area (Å²) in [4.78, 5) is 18.9. The Hall–Kier alpha value is -1.66. The van der Waals surface area contributed by atoms with E-state index < -0.39 is 5.91 Å². The van der Waals surface area contributed by atoms with Crippen molar-refractivity contribution in [3.8, 4) is 0 Å². The molecule has 0 spiro atoms. The first-order valence-corrected chi connectivity index (χ1v) is 6.09. The summed E-state index contributed by atoms with van der Waals surface area (Å²) in [5.41, 5.74) is 6.16. The molecule has 5 nitrogen and oxygen atoms in total. The van der Waals surface area contributed by atoms with Gasteiger partial charge in [0.15, 0.2) is 0 Å². The number of nitrogens with one attached hydrogen (secondary N) is 1. The van der Waals surface area contributed by atoms with Crippen LogP contribution in [-0.2, 0) is 0 Å². The van der Waals surface area contributed by atoms with Crippen LogP contribution < -0.4 is 11.1 Å². The third kappa shape index (κ3) is 2.77. The van der Waals surface area contributed by atoms with Crippen molar-refractivity contribution in [1.29, 1.82) is 0 Å². The number of para-hydroxylation sites is 1. The van der Waals surface area contributed by atoms with Gasteiger partial charge in [0.25, 0.3) is 5.91 Å². The van der Waals surface area contributed by atoms with Crippen molar-refractivity contribution in [3.05, 3.63) is 45.8 Å². The lowest BCUT2D eigenvalue weighted by Crippen LogP contribution is -2.15. The Balaban J connectivity index is 2.42. The molecule has 92 valence electrons. The van der Waals surface area contributed by atoms with Crippen LogP contribution in [0.1, 0.15) is 10.4 Å². The molecule has 0 unspecified atom stereocenters. The fraction of sp³-hybridized carbons (Fsp3) is 0. The number of anilines is 2. The minimum atomic E-state index is -0.624. The molecule has 0 atom stereocenters. The number of aromatic nitrogens is 2. The second-order valence-corrected chi connectivity index (χ2v) is 4.56. The molecule has 7 heteroatoms. The van der Waals surface area contributed by atoms with Crippen LogP contribution in [0.4, 0.5) is 11.5 Å². The smallest absolute Gasteiger partial charge is 0.254 e. The Morgan fingerprint density at radius 3 is 2.78 bits per heavy atom. The highest BCUT2D eigenvalue weighted by atomic mass is 79.9. The van der Waals surface area contributed by atoms with E-state index in [9.17, 15) is 4.79 Å². The standard InChI is InChI=1S/C11H8BrClN4O/c12-7-3-1-2-4-8(7)16-10-6(9(14)18)5-15-11(13)17-10/h1-5H,(H2,14,18)(H,15,16,17). The van der Waals surface area contributed by atoms with Gasteiger partial charge < -0.3 is 11.1 Å². The zero-order chi connectivity index (χ0) is 13.1. The van der Waals surface area contributed by atoms with Gasteiger partial charge in [-0.3, -0.25) is 4.79 Å². The van der Waals surface area contributed by atoms with E-state index in [1.165, 1.54) is 6.20 Å². The maximum atomic E-state index is 11.3.